The van der Waals surface area contributed by atoms with Crippen molar-refractivity contribution in [3.05, 3.63) is 65.7 Å². The molecular weight excluding hydrogens is 362 g/mol. The number of benzene rings is 2. The van der Waals surface area contributed by atoms with Crippen molar-refractivity contribution < 1.29 is 9.59 Å². The topological polar surface area (TPSA) is 52.7 Å². The molecule has 0 aromatic heterocycles. The highest BCUT2D eigenvalue weighted by molar-refractivity contribution is 5.96. The van der Waals surface area contributed by atoms with Crippen molar-refractivity contribution >= 4 is 17.6 Å². The van der Waals surface area contributed by atoms with Crippen LogP contribution in [0.2, 0.25) is 0 Å². The predicted octanol–water partition coefficient (Wildman–Crippen LogP) is 4.54. The van der Waals surface area contributed by atoms with Crippen LogP contribution in [0.1, 0.15) is 47.6 Å². The molecule has 2 saturated heterocycles. The number of nitrogens with one attached hydrogen (secondary N) is 1. The molecule has 2 aliphatic heterocycles. The Balaban J connectivity index is 1.23. The number of hydrogen-bond donors (Lipinski definition) is 1. The van der Waals surface area contributed by atoms with Crippen molar-refractivity contribution in [2.24, 2.45) is 11.8 Å². The zero-order valence-electron chi connectivity index (χ0n) is 16.6. The molecule has 1 saturated carbocycles. The third kappa shape index (κ3) is 3.74. The van der Waals surface area contributed by atoms with E-state index in [4.69, 9.17) is 0 Å². The van der Waals surface area contributed by atoms with Gasteiger partial charge in [-0.3, -0.25) is 4.79 Å². The van der Waals surface area contributed by atoms with Crippen LogP contribution in [-0.2, 0) is 0 Å². The first-order valence-electron chi connectivity index (χ1n) is 10.7. The summed E-state index contributed by atoms with van der Waals surface area (Å²) in [5.74, 6) is 1.63. The van der Waals surface area contributed by atoms with Crippen molar-refractivity contribution in [3.8, 4) is 0 Å². The second kappa shape index (κ2) is 7.54. The Morgan fingerprint density at radius 2 is 1.69 bits per heavy atom. The molecule has 3 fully saturated rings. The molecule has 2 aromatic carbocycles. The monoisotopic (exact) mass is 389 g/mol. The van der Waals surface area contributed by atoms with Gasteiger partial charge in [-0.25, -0.2) is 4.79 Å². The molecule has 3 amide bonds. The number of rotatable bonds is 3. The largest absolute Gasteiger partial charge is 0.332 e. The zero-order valence-corrected chi connectivity index (χ0v) is 16.6. The summed E-state index contributed by atoms with van der Waals surface area (Å²) in [5, 5.41) is 2.98. The number of piperidine rings is 1. The fourth-order valence-electron chi connectivity index (χ4n) is 4.86. The van der Waals surface area contributed by atoms with Gasteiger partial charge in [-0.05, 0) is 67.3 Å². The molecule has 150 valence electrons. The molecule has 2 heterocycles. The number of urea groups is 1. The number of anilines is 1. The van der Waals surface area contributed by atoms with Crippen LogP contribution in [0, 0.1) is 11.8 Å². The molecule has 3 atom stereocenters. The van der Waals surface area contributed by atoms with Crippen LogP contribution >= 0.6 is 0 Å². The van der Waals surface area contributed by atoms with Gasteiger partial charge in [0.05, 0.1) is 6.04 Å². The highest BCUT2D eigenvalue weighted by Gasteiger charge is 2.42. The standard InChI is InChI=1S/C24H27N3O2/c28-23(27-13-4-7-22(27)17-5-2-1-3-6-17)18-8-10-21(11-9-18)25-24(29)26-14-12-19-15-20(19)16-26/h1-3,5-6,8-11,19-20,22H,4,7,12-16H2,(H,25,29). The lowest BCUT2D eigenvalue weighted by atomic mass is 10.0. The van der Waals surface area contributed by atoms with E-state index in [0.717, 1.165) is 50.5 Å². The predicted molar refractivity (Wildman–Crippen MR) is 113 cm³/mol. The number of carbonyl (C=O) groups excluding carboxylic acids is 2. The van der Waals surface area contributed by atoms with Crippen LogP contribution in [0.5, 0.6) is 0 Å². The summed E-state index contributed by atoms with van der Waals surface area (Å²) in [7, 11) is 0. The van der Waals surface area contributed by atoms with E-state index < -0.39 is 0 Å². The molecule has 5 rings (SSSR count). The van der Waals surface area contributed by atoms with Gasteiger partial charge in [-0.15, -0.1) is 0 Å². The molecule has 29 heavy (non-hydrogen) atoms. The Hall–Kier alpha value is -2.82. The third-order valence-corrected chi connectivity index (χ3v) is 6.66. The van der Waals surface area contributed by atoms with E-state index >= 15 is 0 Å². The van der Waals surface area contributed by atoms with Gasteiger partial charge in [-0.2, -0.15) is 0 Å². The molecule has 0 spiro atoms. The number of amides is 3. The van der Waals surface area contributed by atoms with Crippen LogP contribution in [0.3, 0.4) is 0 Å². The first-order chi connectivity index (χ1) is 14.2. The fourth-order valence-corrected chi connectivity index (χ4v) is 4.86. The van der Waals surface area contributed by atoms with Crippen molar-refractivity contribution in [1.29, 1.82) is 0 Å². The highest BCUT2D eigenvalue weighted by Crippen LogP contribution is 2.44. The van der Waals surface area contributed by atoms with E-state index in [-0.39, 0.29) is 18.0 Å². The maximum Gasteiger partial charge on any atom is 0.321 e. The Morgan fingerprint density at radius 1 is 0.897 bits per heavy atom. The van der Waals surface area contributed by atoms with Crippen LogP contribution in [0.4, 0.5) is 10.5 Å². The molecule has 2 aromatic rings. The zero-order chi connectivity index (χ0) is 19.8. The van der Waals surface area contributed by atoms with Gasteiger partial charge in [-0.1, -0.05) is 30.3 Å². The first-order valence-corrected chi connectivity index (χ1v) is 10.7. The van der Waals surface area contributed by atoms with Gasteiger partial charge in [0.1, 0.15) is 0 Å². The maximum atomic E-state index is 13.1. The van der Waals surface area contributed by atoms with E-state index in [1.165, 1.54) is 12.0 Å². The summed E-state index contributed by atoms with van der Waals surface area (Å²) in [6.07, 6.45) is 4.43. The molecular formula is C24H27N3O2. The highest BCUT2D eigenvalue weighted by atomic mass is 16.2. The molecule has 1 N–H and O–H groups in total. The first kappa shape index (κ1) is 18.2. The lowest BCUT2D eigenvalue weighted by molar-refractivity contribution is 0.0735. The minimum Gasteiger partial charge on any atom is -0.332 e. The Labute approximate surface area is 171 Å². The summed E-state index contributed by atoms with van der Waals surface area (Å²) >= 11 is 0. The van der Waals surface area contributed by atoms with E-state index in [0.29, 0.717) is 11.5 Å². The lowest BCUT2D eigenvalue weighted by Gasteiger charge is -2.27. The van der Waals surface area contributed by atoms with Gasteiger partial charge in [0.2, 0.25) is 0 Å². The van der Waals surface area contributed by atoms with E-state index in [9.17, 15) is 9.59 Å². The number of carbonyl (C=O) groups is 2. The second-order valence-corrected chi connectivity index (χ2v) is 8.57. The van der Waals surface area contributed by atoms with Gasteiger partial charge in [0, 0.05) is 30.9 Å². The van der Waals surface area contributed by atoms with Gasteiger partial charge in [0.15, 0.2) is 0 Å². The smallest absolute Gasteiger partial charge is 0.321 e. The van der Waals surface area contributed by atoms with Crippen molar-refractivity contribution in [2.45, 2.75) is 31.7 Å². The van der Waals surface area contributed by atoms with Crippen LogP contribution in [-0.4, -0.2) is 41.4 Å². The molecule has 5 heteroatoms. The number of fused-ring (bicyclic) bond motifs is 1. The van der Waals surface area contributed by atoms with E-state index in [1.54, 1.807) is 0 Å². The third-order valence-electron chi connectivity index (χ3n) is 6.66. The molecule has 0 radical (unpaired) electrons. The summed E-state index contributed by atoms with van der Waals surface area (Å²) in [5.41, 5.74) is 2.61. The van der Waals surface area contributed by atoms with Gasteiger partial charge < -0.3 is 15.1 Å². The molecule has 3 unspecified atom stereocenters. The second-order valence-electron chi connectivity index (χ2n) is 8.57. The minimum atomic E-state index is -0.0295. The van der Waals surface area contributed by atoms with E-state index in [2.05, 4.69) is 17.4 Å². The Morgan fingerprint density at radius 3 is 2.45 bits per heavy atom. The van der Waals surface area contributed by atoms with Crippen LogP contribution in [0.15, 0.2) is 54.6 Å². The summed E-state index contributed by atoms with van der Waals surface area (Å²) < 4.78 is 0. The molecule has 3 aliphatic rings. The van der Waals surface area contributed by atoms with E-state index in [1.807, 2.05) is 52.3 Å². The van der Waals surface area contributed by atoms with Gasteiger partial charge >= 0.3 is 6.03 Å². The molecule has 5 nitrogen and oxygen atoms in total. The van der Waals surface area contributed by atoms with Crippen molar-refractivity contribution in [2.75, 3.05) is 25.0 Å². The van der Waals surface area contributed by atoms with Crippen molar-refractivity contribution in [3.63, 3.8) is 0 Å². The SMILES string of the molecule is O=C(Nc1ccc(C(=O)N2CCCC2c2ccccc2)cc1)N1CCC2CC2C1. The average molecular weight is 389 g/mol. The molecule has 1 aliphatic carbocycles. The summed E-state index contributed by atoms with van der Waals surface area (Å²) in [4.78, 5) is 29.5. The minimum absolute atomic E-state index is 0.0295. The van der Waals surface area contributed by atoms with Crippen LogP contribution in [0.25, 0.3) is 0 Å². The lowest BCUT2D eigenvalue weighted by Crippen LogP contribution is -2.39. The normalized spacial score (nSPS) is 25.4. The number of likely N-dealkylation sites (tertiary alicyclic amines) is 2. The Kier molecular flexibility index (Phi) is 4.74. The van der Waals surface area contributed by atoms with Crippen LogP contribution < -0.4 is 5.32 Å². The Bertz CT molecular complexity index is 896. The maximum absolute atomic E-state index is 13.1. The van der Waals surface area contributed by atoms with Gasteiger partial charge in [0.25, 0.3) is 5.91 Å². The quantitative estimate of drug-likeness (QED) is 0.838. The fraction of sp³-hybridized carbons (Fsp3) is 0.417. The van der Waals surface area contributed by atoms with Crippen molar-refractivity contribution in [1.82, 2.24) is 9.80 Å². The average Bonchev–Trinajstić information content (AvgIpc) is 3.38. The number of nitrogens with zero attached hydrogens (tertiary/aromatic N) is 2. The summed E-state index contributed by atoms with van der Waals surface area (Å²) in [6, 6.07) is 17.7. The number of hydrogen-bond acceptors (Lipinski definition) is 2. The summed E-state index contributed by atoms with van der Waals surface area (Å²) in [6.45, 7) is 2.51. The molecule has 0 bridgehead atoms.